The molecule has 0 saturated heterocycles. The van der Waals surface area contributed by atoms with Gasteiger partial charge in [0.05, 0.1) is 13.1 Å². The summed E-state index contributed by atoms with van der Waals surface area (Å²) >= 11 is 13.6. The van der Waals surface area contributed by atoms with Crippen LogP contribution in [0.1, 0.15) is 23.4 Å². The topological polar surface area (TPSA) is 61.4 Å². The summed E-state index contributed by atoms with van der Waals surface area (Å²) in [7, 11) is 1.79. The van der Waals surface area contributed by atoms with E-state index in [1.165, 1.54) is 0 Å². The van der Waals surface area contributed by atoms with Gasteiger partial charge in [0, 0.05) is 21.0 Å². The minimum absolute atomic E-state index is 0.0620. The Bertz CT molecular complexity index is 737. The van der Waals surface area contributed by atoms with E-state index >= 15 is 0 Å². The fourth-order valence-electron chi connectivity index (χ4n) is 2.23. The van der Waals surface area contributed by atoms with Crippen LogP contribution in [0.2, 0.25) is 10.0 Å². The lowest BCUT2D eigenvalue weighted by Crippen LogP contribution is -2.43. The third-order valence-corrected chi connectivity index (χ3v) is 5.16. The molecule has 0 spiro atoms. The van der Waals surface area contributed by atoms with E-state index in [1.54, 1.807) is 35.4 Å². The average Bonchev–Trinajstić information content (AvgIpc) is 3.05. The lowest BCUT2D eigenvalue weighted by molar-refractivity contribution is -0.121. The Morgan fingerprint density at radius 2 is 2.04 bits per heavy atom. The molecule has 2 aromatic rings. The van der Waals surface area contributed by atoms with Gasteiger partial charge >= 0.3 is 6.03 Å². The van der Waals surface area contributed by atoms with Gasteiger partial charge in [-0.15, -0.1) is 11.3 Å². The van der Waals surface area contributed by atoms with Crippen LogP contribution < -0.4 is 10.6 Å². The highest BCUT2D eigenvalue weighted by molar-refractivity contribution is 7.09. The largest absolute Gasteiger partial charge is 0.333 e. The van der Waals surface area contributed by atoms with Crippen LogP contribution in [0, 0.1) is 0 Å². The van der Waals surface area contributed by atoms with Gasteiger partial charge in [-0.25, -0.2) is 4.79 Å². The van der Waals surface area contributed by atoms with Crippen molar-refractivity contribution in [3.8, 4) is 0 Å². The molecule has 1 aromatic heterocycles. The Morgan fingerprint density at radius 3 is 2.68 bits per heavy atom. The van der Waals surface area contributed by atoms with Crippen LogP contribution in [0.15, 0.2) is 35.7 Å². The van der Waals surface area contributed by atoms with E-state index in [0.717, 1.165) is 10.4 Å². The molecule has 0 bridgehead atoms. The molecule has 5 nitrogen and oxygen atoms in total. The van der Waals surface area contributed by atoms with Crippen LogP contribution in [0.25, 0.3) is 0 Å². The second-order valence-electron chi connectivity index (χ2n) is 5.57. The molecule has 1 aromatic carbocycles. The number of hydrogen-bond acceptors (Lipinski definition) is 4. The van der Waals surface area contributed by atoms with E-state index < -0.39 is 6.03 Å². The highest BCUT2D eigenvalue weighted by atomic mass is 35.5. The Kier molecular flexibility index (Phi) is 7.25. The Hall–Kier alpha value is -1.60. The maximum Gasteiger partial charge on any atom is 0.321 e. The summed E-state index contributed by atoms with van der Waals surface area (Å²) in [6.45, 7) is 2.38. The number of halogens is 2. The van der Waals surface area contributed by atoms with Crippen LogP contribution in [0.4, 0.5) is 4.79 Å². The zero-order chi connectivity index (χ0) is 18.4. The van der Waals surface area contributed by atoms with Gasteiger partial charge in [-0.05, 0) is 43.1 Å². The second-order valence-corrected chi connectivity index (χ2v) is 7.44. The number of imide groups is 1. The zero-order valence-electron chi connectivity index (χ0n) is 13.9. The number of likely N-dealkylation sites (N-methyl/N-ethyl adjacent to an activating group) is 1. The number of rotatable bonds is 6. The molecule has 1 unspecified atom stereocenters. The number of urea groups is 1. The average molecular weight is 400 g/mol. The van der Waals surface area contributed by atoms with E-state index in [1.807, 2.05) is 30.5 Å². The highest BCUT2D eigenvalue weighted by Crippen LogP contribution is 2.28. The number of hydrogen-bond donors (Lipinski definition) is 2. The molecule has 0 saturated carbocycles. The predicted octanol–water partition coefficient (Wildman–Crippen LogP) is 4.07. The SMILES string of the molecule is CC(c1ccc(Cl)cc1Cl)N(C)CC(=O)NC(=O)NCc1cccs1. The van der Waals surface area contributed by atoms with Gasteiger partial charge < -0.3 is 5.32 Å². The van der Waals surface area contributed by atoms with Crippen molar-refractivity contribution in [1.82, 2.24) is 15.5 Å². The fraction of sp³-hybridized carbons (Fsp3) is 0.294. The Balaban J connectivity index is 1.83. The van der Waals surface area contributed by atoms with Crippen molar-refractivity contribution in [1.29, 1.82) is 0 Å². The van der Waals surface area contributed by atoms with Gasteiger partial charge in [0.15, 0.2) is 0 Å². The van der Waals surface area contributed by atoms with Crippen molar-refractivity contribution < 1.29 is 9.59 Å². The third kappa shape index (κ3) is 6.01. The number of nitrogens with one attached hydrogen (secondary N) is 2. The van der Waals surface area contributed by atoms with E-state index in [2.05, 4.69) is 10.6 Å². The molecule has 3 amide bonds. The third-order valence-electron chi connectivity index (χ3n) is 3.72. The van der Waals surface area contributed by atoms with Crippen molar-refractivity contribution in [3.63, 3.8) is 0 Å². The van der Waals surface area contributed by atoms with Gasteiger partial charge in [-0.3, -0.25) is 15.0 Å². The smallest absolute Gasteiger partial charge is 0.321 e. The van der Waals surface area contributed by atoms with E-state index in [4.69, 9.17) is 23.2 Å². The summed E-state index contributed by atoms with van der Waals surface area (Å²) in [5.74, 6) is -0.386. The van der Waals surface area contributed by atoms with Crippen molar-refractivity contribution in [2.75, 3.05) is 13.6 Å². The van der Waals surface area contributed by atoms with Crippen LogP contribution in [0.5, 0.6) is 0 Å². The first-order chi connectivity index (χ1) is 11.9. The molecule has 0 aliphatic heterocycles. The van der Waals surface area contributed by atoms with Crippen molar-refractivity contribution in [2.24, 2.45) is 0 Å². The molecule has 0 radical (unpaired) electrons. The molecule has 0 aliphatic carbocycles. The predicted molar refractivity (Wildman–Crippen MR) is 102 cm³/mol. The van der Waals surface area contributed by atoms with Crippen LogP contribution >= 0.6 is 34.5 Å². The molecule has 8 heteroatoms. The normalized spacial score (nSPS) is 12.0. The number of nitrogens with zero attached hydrogens (tertiary/aromatic N) is 1. The van der Waals surface area contributed by atoms with E-state index in [-0.39, 0.29) is 18.5 Å². The quantitative estimate of drug-likeness (QED) is 0.769. The minimum Gasteiger partial charge on any atom is -0.333 e. The summed E-state index contributed by atoms with van der Waals surface area (Å²) in [6, 6.07) is 8.46. The first-order valence-corrected chi connectivity index (χ1v) is 9.25. The van der Waals surface area contributed by atoms with Gasteiger partial charge in [0.2, 0.25) is 5.91 Å². The molecule has 0 aliphatic rings. The fourth-order valence-corrected chi connectivity index (χ4v) is 3.44. The summed E-state index contributed by atoms with van der Waals surface area (Å²) in [4.78, 5) is 26.6. The van der Waals surface area contributed by atoms with E-state index in [0.29, 0.717) is 16.6 Å². The molecule has 134 valence electrons. The molecule has 1 heterocycles. The van der Waals surface area contributed by atoms with Gasteiger partial charge in [0.1, 0.15) is 0 Å². The van der Waals surface area contributed by atoms with Gasteiger partial charge in [0.25, 0.3) is 0 Å². The molecular weight excluding hydrogens is 381 g/mol. The zero-order valence-corrected chi connectivity index (χ0v) is 16.2. The summed E-state index contributed by atoms with van der Waals surface area (Å²) < 4.78 is 0. The van der Waals surface area contributed by atoms with Crippen molar-refractivity contribution in [3.05, 3.63) is 56.2 Å². The first-order valence-electron chi connectivity index (χ1n) is 7.62. The number of carbonyl (C=O) groups is 2. The molecule has 2 N–H and O–H groups in total. The molecule has 1 atom stereocenters. The maximum atomic E-state index is 12.0. The standard InChI is InChI=1S/C17H19Cl2N3O2S/c1-11(14-6-5-12(18)8-15(14)19)22(2)10-16(23)21-17(24)20-9-13-4-3-7-25-13/h3-8,11H,9-10H2,1-2H3,(H2,20,21,23,24). The van der Waals surface area contributed by atoms with Gasteiger partial charge in [-0.2, -0.15) is 0 Å². The molecule has 0 fully saturated rings. The molecule has 2 rings (SSSR count). The van der Waals surface area contributed by atoms with Crippen LogP contribution in [0.3, 0.4) is 0 Å². The number of thiophene rings is 1. The Morgan fingerprint density at radius 1 is 1.28 bits per heavy atom. The van der Waals surface area contributed by atoms with Crippen LogP contribution in [-0.4, -0.2) is 30.4 Å². The molecular formula is C17H19Cl2N3O2S. The van der Waals surface area contributed by atoms with Crippen LogP contribution in [-0.2, 0) is 11.3 Å². The van der Waals surface area contributed by atoms with Gasteiger partial charge in [-0.1, -0.05) is 35.3 Å². The minimum atomic E-state index is -0.510. The number of benzene rings is 1. The number of carbonyl (C=O) groups excluding carboxylic acids is 2. The Labute approximate surface area is 160 Å². The maximum absolute atomic E-state index is 12.0. The second kappa shape index (κ2) is 9.20. The lowest BCUT2D eigenvalue weighted by Gasteiger charge is -2.25. The first kappa shape index (κ1) is 19.7. The van der Waals surface area contributed by atoms with Crippen molar-refractivity contribution in [2.45, 2.75) is 19.5 Å². The van der Waals surface area contributed by atoms with Crippen molar-refractivity contribution >= 4 is 46.5 Å². The van der Waals surface area contributed by atoms with E-state index in [9.17, 15) is 9.59 Å². The number of amides is 3. The lowest BCUT2D eigenvalue weighted by atomic mass is 10.1. The summed E-state index contributed by atoms with van der Waals surface area (Å²) in [5, 5.41) is 8.00. The summed E-state index contributed by atoms with van der Waals surface area (Å²) in [5.41, 5.74) is 0.864. The summed E-state index contributed by atoms with van der Waals surface area (Å²) in [6.07, 6.45) is 0. The highest BCUT2D eigenvalue weighted by Gasteiger charge is 2.18. The molecule has 25 heavy (non-hydrogen) atoms. The monoisotopic (exact) mass is 399 g/mol.